The molecule has 2 nitrogen and oxygen atoms in total. The zero-order valence-electron chi connectivity index (χ0n) is 8.89. The Balaban J connectivity index is 2.37. The van der Waals surface area contributed by atoms with E-state index in [1.807, 2.05) is 0 Å². The van der Waals surface area contributed by atoms with Crippen LogP contribution in [0.2, 0.25) is 0 Å². The lowest BCUT2D eigenvalue weighted by Gasteiger charge is -2.15. The molecule has 2 aromatic rings. The molecule has 1 aromatic carbocycles. The first-order valence-electron chi connectivity index (χ1n) is 4.98. The van der Waals surface area contributed by atoms with Crippen LogP contribution in [0.4, 0.5) is 8.78 Å². The molecule has 0 saturated heterocycles. The summed E-state index contributed by atoms with van der Waals surface area (Å²) in [4.78, 5) is 24.5. The summed E-state index contributed by atoms with van der Waals surface area (Å²) in [7, 11) is 0. The molecule has 0 fully saturated rings. The lowest BCUT2D eigenvalue weighted by atomic mass is 9.86. The molecule has 1 aliphatic rings. The van der Waals surface area contributed by atoms with Crippen molar-refractivity contribution in [3.63, 3.8) is 0 Å². The second kappa shape index (κ2) is 4.29. The monoisotopic (exact) mass is 406 g/mol. The van der Waals surface area contributed by atoms with E-state index in [-0.39, 0.29) is 22.3 Å². The molecule has 0 amide bonds. The molecule has 1 aromatic heterocycles. The molecule has 0 atom stereocenters. The zero-order chi connectivity index (χ0) is 13.9. The number of hydrogen-bond donors (Lipinski definition) is 0. The molecule has 3 rings (SSSR count). The van der Waals surface area contributed by atoms with Crippen LogP contribution in [0.5, 0.6) is 0 Å². The fourth-order valence-corrected chi connectivity index (χ4v) is 5.11. The molecule has 0 spiro atoms. The highest BCUT2D eigenvalue weighted by molar-refractivity contribution is 9.12. The Morgan fingerprint density at radius 2 is 1.21 bits per heavy atom. The van der Waals surface area contributed by atoms with Crippen molar-refractivity contribution in [3.8, 4) is 0 Å². The lowest BCUT2D eigenvalue weighted by molar-refractivity contribution is 0.0978. The molecule has 96 valence electrons. The highest BCUT2D eigenvalue weighted by Gasteiger charge is 2.36. The van der Waals surface area contributed by atoms with Crippen LogP contribution in [-0.2, 0) is 0 Å². The lowest BCUT2D eigenvalue weighted by Crippen LogP contribution is -2.20. The van der Waals surface area contributed by atoms with Gasteiger partial charge >= 0.3 is 0 Å². The molecule has 0 aliphatic heterocycles. The molecule has 0 saturated carbocycles. The number of carbonyl (C=O) groups excluding carboxylic acids is 2. The van der Waals surface area contributed by atoms with Crippen molar-refractivity contribution >= 4 is 54.8 Å². The molecule has 0 unspecified atom stereocenters. The summed E-state index contributed by atoms with van der Waals surface area (Å²) in [6, 6.07) is 1.54. The van der Waals surface area contributed by atoms with E-state index in [1.165, 1.54) is 11.3 Å². The van der Waals surface area contributed by atoms with Crippen LogP contribution in [-0.4, -0.2) is 11.6 Å². The van der Waals surface area contributed by atoms with Gasteiger partial charge < -0.3 is 0 Å². The number of halogens is 4. The van der Waals surface area contributed by atoms with Gasteiger partial charge in [0.1, 0.15) is 0 Å². The van der Waals surface area contributed by atoms with Gasteiger partial charge in [-0.3, -0.25) is 9.59 Å². The minimum atomic E-state index is -1.14. The SMILES string of the molecule is O=C1c2cc(F)c(F)cc2C(=O)c2c(Br)sc(Br)c21. The Morgan fingerprint density at radius 1 is 0.842 bits per heavy atom. The van der Waals surface area contributed by atoms with Gasteiger partial charge in [-0.15, -0.1) is 11.3 Å². The van der Waals surface area contributed by atoms with Gasteiger partial charge in [0.05, 0.1) is 18.7 Å². The van der Waals surface area contributed by atoms with Crippen LogP contribution in [0.25, 0.3) is 0 Å². The summed E-state index contributed by atoms with van der Waals surface area (Å²) in [6.07, 6.45) is 0. The average molecular weight is 408 g/mol. The normalized spacial score (nSPS) is 13.5. The minimum absolute atomic E-state index is 0.109. The second-order valence-electron chi connectivity index (χ2n) is 3.87. The molecular weight excluding hydrogens is 406 g/mol. The molecule has 1 aliphatic carbocycles. The molecular formula is C12H2Br2F2O2S. The highest BCUT2D eigenvalue weighted by atomic mass is 79.9. The van der Waals surface area contributed by atoms with Crippen LogP contribution in [0.3, 0.4) is 0 Å². The third kappa shape index (κ3) is 1.75. The van der Waals surface area contributed by atoms with Gasteiger partial charge in [-0.2, -0.15) is 0 Å². The molecule has 7 heteroatoms. The number of hydrogen-bond acceptors (Lipinski definition) is 3. The van der Waals surface area contributed by atoms with Gasteiger partial charge in [0, 0.05) is 11.1 Å². The first-order valence-corrected chi connectivity index (χ1v) is 7.38. The van der Waals surface area contributed by atoms with Crippen molar-refractivity contribution in [1.29, 1.82) is 0 Å². The summed E-state index contributed by atoms with van der Waals surface area (Å²) in [5.41, 5.74) is 0.172. The second-order valence-corrected chi connectivity index (χ2v) is 7.53. The number of thiophene rings is 1. The summed E-state index contributed by atoms with van der Waals surface area (Å²) in [5.74, 6) is -3.27. The third-order valence-corrected chi connectivity index (χ3v) is 5.36. The van der Waals surface area contributed by atoms with Crippen molar-refractivity contribution in [2.75, 3.05) is 0 Å². The van der Waals surface area contributed by atoms with E-state index in [1.54, 1.807) is 0 Å². The smallest absolute Gasteiger partial charge is 0.196 e. The van der Waals surface area contributed by atoms with Gasteiger partial charge in [-0.25, -0.2) is 8.78 Å². The molecule has 1 heterocycles. The van der Waals surface area contributed by atoms with Crippen LogP contribution < -0.4 is 0 Å². The van der Waals surface area contributed by atoms with E-state index in [0.717, 1.165) is 12.1 Å². The summed E-state index contributed by atoms with van der Waals surface area (Å²) >= 11 is 7.58. The Bertz CT molecular complexity index is 706. The topological polar surface area (TPSA) is 34.1 Å². The van der Waals surface area contributed by atoms with Gasteiger partial charge in [0.25, 0.3) is 0 Å². The fraction of sp³-hybridized carbons (Fsp3) is 0. The predicted octanol–water partition coefficient (Wildman–Crippen LogP) is 4.33. The van der Waals surface area contributed by atoms with Crippen molar-refractivity contribution < 1.29 is 18.4 Å². The van der Waals surface area contributed by atoms with E-state index >= 15 is 0 Å². The zero-order valence-corrected chi connectivity index (χ0v) is 12.9. The third-order valence-electron chi connectivity index (χ3n) is 2.83. The first-order chi connectivity index (χ1) is 8.91. The molecule has 0 radical (unpaired) electrons. The maximum Gasteiger partial charge on any atom is 0.196 e. The van der Waals surface area contributed by atoms with Crippen molar-refractivity contribution in [2.24, 2.45) is 0 Å². The van der Waals surface area contributed by atoms with Gasteiger partial charge in [0.15, 0.2) is 23.2 Å². The number of carbonyl (C=O) groups is 2. The average Bonchev–Trinajstić information content (AvgIpc) is 2.64. The maximum atomic E-state index is 13.2. The van der Waals surface area contributed by atoms with Crippen molar-refractivity contribution in [1.82, 2.24) is 0 Å². The summed E-state index contributed by atoms with van der Waals surface area (Å²) in [6.45, 7) is 0. The maximum absolute atomic E-state index is 13.2. The quantitative estimate of drug-likeness (QED) is 0.555. The van der Waals surface area contributed by atoms with Crippen LogP contribution in [0, 0.1) is 11.6 Å². The van der Waals surface area contributed by atoms with E-state index in [2.05, 4.69) is 31.9 Å². The van der Waals surface area contributed by atoms with E-state index in [4.69, 9.17) is 0 Å². The molecule has 0 bridgehead atoms. The van der Waals surface area contributed by atoms with Crippen LogP contribution >= 0.6 is 43.2 Å². The van der Waals surface area contributed by atoms with Gasteiger partial charge in [-0.1, -0.05) is 0 Å². The number of ketones is 2. The van der Waals surface area contributed by atoms with E-state index in [9.17, 15) is 18.4 Å². The Hall–Kier alpha value is -0.920. The Kier molecular flexibility index (Phi) is 2.95. The van der Waals surface area contributed by atoms with Gasteiger partial charge in [0.2, 0.25) is 0 Å². The Morgan fingerprint density at radius 3 is 1.58 bits per heavy atom. The highest BCUT2D eigenvalue weighted by Crippen LogP contribution is 2.42. The Labute approximate surface area is 126 Å². The predicted molar refractivity (Wildman–Crippen MR) is 72.9 cm³/mol. The van der Waals surface area contributed by atoms with E-state index in [0.29, 0.717) is 7.57 Å². The first kappa shape index (κ1) is 13.1. The number of fused-ring (bicyclic) bond motifs is 2. The van der Waals surface area contributed by atoms with Crippen molar-refractivity contribution in [2.45, 2.75) is 0 Å². The van der Waals surface area contributed by atoms with Crippen molar-refractivity contribution in [3.05, 3.63) is 53.6 Å². The van der Waals surface area contributed by atoms with Crippen LogP contribution in [0.15, 0.2) is 19.7 Å². The van der Waals surface area contributed by atoms with Crippen LogP contribution in [0.1, 0.15) is 31.8 Å². The largest absolute Gasteiger partial charge is 0.288 e. The standard InChI is InChI=1S/C12H2Br2F2O2S/c13-11-7-8(12(14)19-11)10(18)4-2-6(16)5(15)1-3(4)9(7)17/h1-2H. The van der Waals surface area contributed by atoms with Gasteiger partial charge in [-0.05, 0) is 44.0 Å². The summed E-state index contributed by atoms with van der Waals surface area (Å²) in [5, 5.41) is 0. The van der Waals surface area contributed by atoms with E-state index < -0.39 is 23.2 Å². The number of benzene rings is 1. The molecule has 0 N–H and O–H groups in total. The summed E-state index contributed by atoms with van der Waals surface area (Å²) < 4.78 is 27.4. The molecule has 19 heavy (non-hydrogen) atoms. The number of rotatable bonds is 0. The minimum Gasteiger partial charge on any atom is -0.288 e. The fourth-order valence-electron chi connectivity index (χ4n) is 1.97.